The van der Waals surface area contributed by atoms with Crippen LogP contribution >= 0.6 is 0 Å². The van der Waals surface area contributed by atoms with E-state index >= 15 is 0 Å². The van der Waals surface area contributed by atoms with Gasteiger partial charge in [0.1, 0.15) is 5.75 Å². The number of hydrazine groups is 1. The largest absolute Gasteiger partial charge is 0.507 e. The third-order valence-electron chi connectivity index (χ3n) is 6.17. The molecule has 6 nitrogen and oxygen atoms in total. The second-order valence-corrected chi connectivity index (χ2v) is 10.7. The number of hydrogen-bond donors (Lipinski definition) is 2. The van der Waals surface area contributed by atoms with Crippen LogP contribution in [0.5, 0.6) is 5.75 Å². The smallest absolute Gasteiger partial charge is 0.252 e. The molecule has 2 aliphatic rings. The molecule has 1 aromatic rings. The monoisotopic (exact) mass is 426 g/mol. The molecule has 1 fully saturated rings. The molecule has 0 radical (unpaired) electrons. The van der Waals surface area contributed by atoms with E-state index in [-0.39, 0.29) is 46.8 Å². The number of carbonyl (C=O) groups excluding carboxylic acids is 3. The van der Waals surface area contributed by atoms with Gasteiger partial charge >= 0.3 is 0 Å². The van der Waals surface area contributed by atoms with E-state index in [2.05, 4.69) is 5.43 Å². The van der Waals surface area contributed by atoms with Crippen LogP contribution in [0.4, 0.5) is 0 Å². The Morgan fingerprint density at radius 3 is 1.84 bits per heavy atom. The summed E-state index contributed by atoms with van der Waals surface area (Å²) in [5.41, 5.74) is 4.66. The maximum Gasteiger partial charge on any atom is 0.252 e. The van der Waals surface area contributed by atoms with Crippen molar-refractivity contribution in [1.82, 2.24) is 10.4 Å². The maximum absolute atomic E-state index is 12.6. The fraction of sp³-hybridized carbons (Fsp3) is 0.560. The molecule has 6 heteroatoms. The Balaban J connectivity index is 1.73. The molecule has 3 rings (SSSR count). The van der Waals surface area contributed by atoms with Crippen LogP contribution in [0.25, 0.3) is 0 Å². The zero-order valence-corrected chi connectivity index (χ0v) is 19.4. The summed E-state index contributed by atoms with van der Waals surface area (Å²) in [5.74, 6) is -1.42. The van der Waals surface area contributed by atoms with E-state index in [9.17, 15) is 19.5 Å². The molecular formula is C25H34N2O4. The molecule has 2 N–H and O–H groups in total. The van der Waals surface area contributed by atoms with Gasteiger partial charge in [0.05, 0.1) is 11.8 Å². The van der Waals surface area contributed by atoms with Crippen molar-refractivity contribution in [2.24, 2.45) is 11.8 Å². The number of allylic oxidation sites excluding steroid dienone is 2. The van der Waals surface area contributed by atoms with Crippen molar-refractivity contribution in [1.29, 1.82) is 0 Å². The Morgan fingerprint density at radius 1 is 0.968 bits per heavy atom. The first-order valence-electron chi connectivity index (χ1n) is 11.0. The van der Waals surface area contributed by atoms with E-state index in [1.165, 1.54) is 0 Å². The Morgan fingerprint density at radius 2 is 1.42 bits per heavy atom. The summed E-state index contributed by atoms with van der Waals surface area (Å²) in [7, 11) is 0. The second kappa shape index (κ2) is 8.13. The molecule has 31 heavy (non-hydrogen) atoms. The molecule has 168 valence electrons. The van der Waals surface area contributed by atoms with Crippen molar-refractivity contribution >= 4 is 17.7 Å². The molecule has 3 amide bonds. The van der Waals surface area contributed by atoms with Gasteiger partial charge in [-0.1, -0.05) is 65.8 Å². The highest BCUT2D eigenvalue weighted by Crippen LogP contribution is 2.40. The number of hydrogen-bond acceptors (Lipinski definition) is 4. The Kier molecular flexibility index (Phi) is 6.05. The zero-order chi connectivity index (χ0) is 23.1. The van der Waals surface area contributed by atoms with Crippen LogP contribution in [-0.4, -0.2) is 27.8 Å². The number of imide groups is 1. The number of carbonyl (C=O) groups is 3. The van der Waals surface area contributed by atoms with E-state index in [0.717, 1.165) is 21.7 Å². The minimum atomic E-state index is -0.365. The third-order valence-corrected chi connectivity index (χ3v) is 6.17. The summed E-state index contributed by atoms with van der Waals surface area (Å²) in [6.45, 7) is 12.3. The fourth-order valence-corrected chi connectivity index (χ4v) is 4.33. The lowest BCUT2D eigenvalue weighted by Gasteiger charge is -2.28. The van der Waals surface area contributed by atoms with Crippen molar-refractivity contribution < 1.29 is 19.5 Å². The second-order valence-electron chi connectivity index (χ2n) is 10.7. The maximum atomic E-state index is 12.6. The predicted molar refractivity (Wildman–Crippen MR) is 119 cm³/mol. The number of benzene rings is 1. The number of nitrogens with one attached hydrogen (secondary N) is 1. The third kappa shape index (κ3) is 4.68. The molecule has 1 aromatic carbocycles. The summed E-state index contributed by atoms with van der Waals surface area (Å²) in [6.07, 6.45) is 5.51. The van der Waals surface area contributed by atoms with E-state index < -0.39 is 0 Å². The van der Waals surface area contributed by atoms with Crippen molar-refractivity contribution in [3.8, 4) is 5.75 Å². The Bertz CT molecular complexity index is 873. The van der Waals surface area contributed by atoms with Gasteiger partial charge in [0, 0.05) is 6.42 Å². The number of amides is 3. The molecule has 1 saturated heterocycles. The summed E-state index contributed by atoms with van der Waals surface area (Å²) >= 11 is 0. The summed E-state index contributed by atoms with van der Waals surface area (Å²) in [5, 5.41) is 11.8. The molecule has 2 unspecified atom stereocenters. The lowest BCUT2D eigenvalue weighted by Crippen LogP contribution is -2.46. The number of aryl methyl sites for hydroxylation is 1. The number of phenols is 1. The van der Waals surface area contributed by atoms with Gasteiger partial charge in [0.15, 0.2) is 0 Å². The molecule has 0 spiro atoms. The highest BCUT2D eigenvalue weighted by atomic mass is 16.3. The van der Waals surface area contributed by atoms with E-state index in [0.29, 0.717) is 25.0 Å². The summed E-state index contributed by atoms with van der Waals surface area (Å²) in [6, 6.07) is 3.90. The number of fused-ring (bicyclic) bond motifs is 1. The Labute approximate surface area is 184 Å². The SMILES string of the molecule is CC(C)(C)c1cc(CCC(=O)NN2C(=O)C3CC=CCC3C2=O)cc(C(C)(C)C)c1O. The molecule has 1 heterocycles. The quantitative estimate of drug-likeness (QED) is 0.565. The van der Waals surface area contributed by atoms with E-state index in [4.69, 9.17) is 0 Å². The van der Waals surface area contributed by atoms with E-state index in [1.54, 1.807) is 0 Å². The lowest BCUT2D eigenvalue weighted by molar-refractivity contribution is -0.149. The van der Waals surface area contributed by atoms with Gasteiger partial charge in [-0.25, -0.2) is 0 Å². The molecule has 0 saturated carbocycles. The first-order valence-corrected chi connectivity index (χ1v) is 11.0. The zero-order valence-electron chi connectivity index (χ0n) is 19.4. The molecular weight excluding hydrogens is 392 g/mol. The standard InChI is InChI=1S/C25H34N2O4/c1-24(2,3)18-13-15(14-19(21(18)29)25(4,5)6)11-12-20(28)26-27-22(30)16-9-7-8-10-17(16)23(27)31/h7-8,13-14,16-17,29H,9-12H2,1-6H3,(H,26,28). The van der Waals surface area contributed by atoms with Crippen LogP contribution in [0.3, 0.4) is 0 Å². The lowest BCUT2D eigenvalue weighted by atomic mass is 9.78. The minimum Gasteiger partial charge on any atom is -0.507 e. The van der Waals surface area contributed by atoms with Gasteiger partial charge in [-0.2, -0.15) is 5.01 Å². The summed E-state index contributed by atoms with van der Waals surface area (Å²) in [4.78, 5) is 37.6. The minimum absolute atomic E-state index is 0.141. The van der Waals surface area contributed by atoms with Crippen LogP contribution in [0, 0.1) is 11.8 Å². The average Bonchev–Trinajstić information content (AvgIpc) is 2.90. The fourth-order valence-electron chi connectivity index (χ4n) is 4.33. The Hall–Kier alpha value is -2.63. The molecule has 1 aliphatic heterocycles. The van der Waals surface area contributed by atoms with Gasteiger partial charge in [-0.3, -0.25) is 19.8 Å². The van der Waals surface area contributed by atoms with Crippen LogP contribution in [-0.2, 0) is 31.6 Å². The van der Waals surface area contributed by atoms with Gasteiger partial charge in [-0.05, 0) is 46.8 Å². The van der Waals surface area contributed by atoms with Crippen molar-refractivity contribution in [3.05, 3.63) is 41.0 Å². The van der Waals surface area contributed by atoms with Gasteiger partial charge in [0.25, 0.3) is 11.8 Å². The number of rotatable bonds is 4. The van der Waals surface area contributed by atoms with Crippen LogP contribution < -0.4 is 5.43 Å². The van der Waals surface area contributed by atoms with Gasteiger partial charge in [0.2, 0.25) is 5.91 Å². The molecule has 0 bridgehead atoms. The van der Waals surface area contributed by atoms with Gasteiger partial charge < -0.3 is 5.11 Å². The summed E-state index contributed by atoms with van der Waals surface area (Å²) < 4.78 is 0. The van der Waals surface area contributed by atoms with Gasteiger partial charge in [-0.15, -0.1) is 0 Å². The molecule has 1 aliphatic carbocycles. The first-order chi connectivity index (χ1) is 14.3. The number of aromatic hydroxyl groups is 1. The normalized spacial score (nSPS) is 21.4. The van der Waals surface area contributed by atoms with Crippen molar-refractivity contribution in [2.75, 3.05) is 0 Å². The topological polar surface area (TPSA) is 86.7 Å². The molecule has 2 atom stereocenters. The predicted octanol–water partition coefficient (Wildman–Crippen LogP) is 3.90. The van der Waals surface area contributed by atoms with E-state index in [1.807, 2.05) is 65.8 Å². The van der Waals surface area contributed by atoms with Crippen LogP contribution in [0.15, 0.2) is 24.3 Å². The number of nitrogens with zero attached hydrogens (tertiary/aromatic N) is 1. The van der Waals surface area contributed by atoms with Crippen LogP contribution in [0.2, 0.25) is 0 Å². The molecule has 0 aromatic heterocycles. The van der Waals surface area contributed by atoms with Crippen LogP contribution in [0.1, 0.15) is 77.5 Å². The average molecular weight is 427 g/mol. The highest BCUT2D eigenvalue weighted by Gasteiger charge is 2.48. The van der Waals surface area contributed by atoms with Crippen molar-refractivity contribution in [3.63, 3.8) is 0 Å². The first kappa shape index (κ1) is 23.0. The van der Waals surface area contributed by atoms with Crippen molar-refractivity contribution in [2.45, 2.75) is 78.1 Å². The highest BCUT2D eigenvalue weighted by molar-refractivity contribution is 6.06. The number of phenolic OH excluding ortho intramolecular Hbond substituents is 1.